The average Bonchev–Trinajstić information content (AvgIpc) is 2.46. The van der Waals surface area contributed by atoms with Crippen LogP contribution in [0.25, 0.3) is 11.1 Å². The van der Waals surface area contributed by atoms with E-state index < -0.39 is 0 Å². The highest BCUT2D eigenvalue weighted by Crippen LogP contribution is 2.33. The normalized spacial score (nSPS) is 18.1. The molecule has 0 saturated heterocycles. The third kappa shape index (κ3) is 2.41. The Labute approximate surface area is 113 Å². The van der Waals surface area contributed by atoms with Crippen LogP contribution in [0.2, 0.25) is 0 Å². The summed E-state index contributed by atoms with van der Waals surface area (Å²) in [6.07, 6.45) is 3.56. The molecule has 1 N–H and O–H groups in total. The number of hydrogen-bond donors (Lipinski definition) is 1. The molecule has 1 aliphatic rings. The van der Waals surface area contributed by atoms with Crippen LogP contribution >= 0.6 is 0 Å². The van der Waals surface area contributed by atoms with Gasteiger partial charge in [0, 0.05) is 6.04 Å². The molecule has 19 heavy (non-hydrogen) atoms. The minimum absolute atomic E-state index is 0.180. The van der Waals surface area contributed by atoms with E-state index in [0.29, 0.717) is 6.04 Å². The first-order valence-corrected chi connectivity index (χ1v) is 6.84. The van der Waals surface area contributed by atoms with Gasteiger partial charge in [-0.1, -0.05) is 24.3 Å². The van der Waals surface area contributed by atoms with Crippen molar-refractivity contribution < 1.29 is 4.39 Å². The van der Waals surface area contributed by atoms with Gasteiger partial charge in [0.15, 0.2) is 0 Å². The lowest BCUT2D eigenvalue weighted by atomic mass is 9.85. The molecule has 0 fully saturated rings. The van der Waals surface area contributed by atoms with Crippen LogP contribution < -0.4 is 5.32 Å². The van der Waals surface area contributed by atoms with Gasteiger partial charge in [-0.05, 0) is 66.8 Å². The van der Waals surface area contributed by atoms with E-state index >= 15 is 0 Å². The smallest absolute Gasteiger partial charge is 0.123 e. The maximum atomic E-state index is 13.3. The Morgan fingerprint density at radius 3 is 2.74 bits per heavy atom. The second-order valence-electron chi connectivity index (χ2n) is 5.16. The van der Waals surface area contributed by atoms with E-state index in [2.05, 4.69) is 23.5 Å². The van der Waals surface area contributed by atoms with E-state index in [1.165, 1.54) is 30.0 Å². The molecule has 0 bridgehead atoms. The summed E-state index contributed by atoms with van der Waals surface area (Å²) in [5.41, 5.74) is 4.84. The Kier molecular flexibility index (Phi) is 3.34. The van der Waals surface area contributed by atoms with E-state index in [1.54, 1.807) is 12.1 Å². The van der Waals surface area contributed by atoms with Crippen molar-refractivity contribution in [3.05, 3.63) is 59.4 Å². The van der Waals surface area contributed by atoms with E-state index in [4.69, 9.17) is 0 Å². The third-order valence-corrected chi connectivity index (χ3v) is 3.97. The molecule has 0 aromatic heterocycles. The zero-order valence-corrected chi connectivity index (χ0v) is 11.1. The Balaban J connectivity index is 2.05. The largest absolute Gasteiger partial charge is 0.313 e. The van der Waals surface area contributed by atoms with Crippen molar-refractivity contribution >= 4 is 0 Å². The van der Waals surface area contributed by atoms with Crippen molar-refractivity contribution in [2.45, 2.75) is 25.3 Å². The molecule has 0 saturated carbocycles. The highest BCUT2D eigenvalue weighted by molar-refractivity contribution is 5.65. The SMILES string of the molecule is CNC1CCCc2ccc(-c3cccc(F)c3)cc21. The van der Waals surface area contributed by atoms with Gasteiger partial charge < -0.3 is 5.32 Å². The van der Waals surface area contributed by atoms with Crippen molar-refractivity contribution in [2.24, 2.45) is 0 Å². The lowest BCUT2D eigenvalue weighted by Gasteiger charge is -2.25. The molecule has 0 spiro atoms. The van der Waals surface area contributed by atoms with Gasteiger partial charge >= 0.3 is 0 Å². The van der Waals surface area contributed by atoms with Gasteiger partial charge in [0.2, 0.25) is 0 Å². The van der Waals surface area contributed by atoms with Gasteiger partial charge in [0.1, 0.15) is 5.82 Å². The Bertz CT molecular complexity index is 592. The predicted octanol–water partition coefficient (Wildman–Crippen LogP) is 4.09. The summed E-state index contributed by atoms with van der Waals surface area (Å²) < 4.78 is 13.3. The van der Waals surface area contributed by atoms with Crippen molar-refractivity contribution in [1.82, 2.24) is 5.32 Å². The number of halogens is 1. The molecule has 98 valence electrons. The number of hydrogen-bond acceptors (Lipinski definition) is 1. The van der Waals surface area contributed by atoms with Crippen molar-refractivity contribution in [3.8, 4) is 11.1 Å². The second-order valence-corrected chi connectivity index (χ2v) is 5.16. The summed E-state index contributed by atoms with van der Waals surface area (Å²) in [6, 6.07) is 13.7. The van der Waals surface area contributed by atoms with Gasteiger partial charge in [0.05, 0.1) is 0 Å². The van der Waals surface area contributed by atoms with Crippen LogP contribution in [-0.2, 0) is 6.42 Å². The molecule has 1 aliphatic carbocycles. The molecule has 0 amide bonds. The molecule has 0 heterocycles. The first-order valence-electron chi connectivity index (χ1n) is 6.84. The molecule has 3 rings (SSSR count). The lowest BCUT2D eigenvalue weighted by molar-refractivity contribution is 0.497. The lowest BCUT2D eigenvalue weighted by Crippen LogP contribution is -2.21. The molecule has 2 aromatic rings. The maximum Gasteiger partial charge on any atom is 0.123 e. The van der Waals surface area contributed by atoms with Crippen LogP contribution in [-0.4, -0.2) is 7.05 Å². The fourth-order valence-corrected chi connectivity index (χ4v) is 2.95. The van der Waals surface area contributed by atoms with Gasteiger partial charge in [-0.15, -0.1) is 0 Å². The fraction of sp³-hybridized carbons (Fsp3) is 0.294. The maximum absolute atomic E-state index is 13.3. The van der Waals surface area contributed by atoms with Crippen LogP contribution in [0.5, 0.6) is 0 Å². The third-order valence-electron chi connectivity index (χ3n) is 3.97. The van der Waals surface area contributed by atoms with Crippen LogP contribution in [0.15, 0.2) is 42.5 Å². The predicted molar refractivity (Wildman–Crippen MR) is 76.6 cm³/mol. The number of rotatable bonds is 2. The van der Waals surface area contributed by atoms with Crippen molar-refractivity contribution in [1.29, 1.82) is 0 Å². The Morgan fingerprint density at radius 2 is 1.95 bits per heavy atom. The van der Waals surface area contributed by atoms with Crippen LogP contribution in [0.1, 0.15) is 30.0 Å². The van der Waals surface area contributed by atoms with Crippen molar-refractivity contribution in [3.63, 3.8) is 0 Å². The standard InChI is InChI=1S/C17H18FN/c1-19-17-7-3-4-12-8-9-14(11-16(12)17)13-5-2-6-15(18)10-13/h2,5-6,8-11,17,19H,3-4,7H2,1H3. The summed E-state index contributed by atoms with van der Waals surface area (Å²) in [5, 5.41) is 3.38. The first kappa shape index (κ1) is 12.4. The molecule has 0 aliphatic heterocycles. The Hall–Kier alpha value is -1.67. The summed E-state index contributed by atoms with van der Waals surface area (Å²) in [5.74, 6) is -0.180. The van der Waals surface area contributed by atoms with E-state index in [9.17, 15) is 4.39 Å². The first-order chi connectivity index (χ1) is 9.28. The zero-order chi connectivity index (χ0) is 13.2. The molecule has 2 heteroatoms. The van der Waals surface area contributed by atoms with Gasteiger partial charge in [-0.3, -0.25) is 0 Å². The Morgan fingerprint density at radius 1 is 1.11 bits per heavy atom. The van der Waals surface area contributed by atoms with Crippen LogP contribution in [0.4, 0.5) is 4.39 Å². The summed E-state index contributed by atoms with van der Waals surface area (Å²) >= 11 is 0. The highest BCUT2D eigenvalue weighted by Gasteiger charge is 2.19. The van der Waals surface area contributed by atoms with Gasteiger partial charge in [-0.25, -0.2) is 4.39 Å². The molecule has 0 radical (unpaired) electrons. The summed E-state index contributed by atoms with van der Waals surface area (Å²) in [4.78, 5) is 0. The second kappa shape index (κ2) is 5.14. The molecule has 1 unspecified atom stereocenters. The number of fused-ring (bicyclic) bond motifs is 1. The zero-order valence-electron chi connectivity index (χ0n) is 11.1. The van der Waals surface area contributed by atoms with E-state index in [1.807, 2.05) is 13.1 Å². The van der Waals surface area contributed by atoms with Crippen LogP contribution in [0.3, 0.4) is 0 Å². The summed E-state index contributed by atoms with van der Waals surface area (Å²) in [6.45, 7) is 0. The minimum Gasteiger partial charge on any atom is -0.313 e. The van der Waals surface area contributed by atoms with Gasteiger partial charge in [0.25, 0.3) is 0 Å². The number of nitrogens with one attached hydrogen (secondary N) is 1. The molecule has 2 aromatic carbocycles. The minimum atomic E-state index is -0.180. The molecular weight excluding hydrogens is 237 g/mol. The highest BCUT2D eigenvalue weighted by atomic mass is 19.1. The van der Waals surface area contributed by atoms with Crippen LogP contribution in [0, 0.1) is 5.82 Å². The fourth-order valence-electron chi connectivity index (χ4n) is 2.95. The molecular formula is C17H18FN. The monoisotopic (exact) mass is 255 g/mol. The summed E-state index contributed by atoms with van der Waals surface area (Å²) in [7, 11) is 2.01. The quantitative estimate of drug-likeness (QED) is 0.852. The van der Waals surface area contributed by atoms with Gasteiger partial charge in [-0.2, -0.15) is 0 Å². The molecule has 1 atom stereocenters. The number of benzene rings is 2. The topological polar surface area (TPSA) is 12.0 Å². The van der Waals surface area contributed by atoms with Crippen molar-refractivity contribution in [2.75, 3.05) is 7.05 Å². The number of aryl methyl sites for hydroxylation is 1. The van der Waals surface area contributed by atoms with E-state index in [-0.39, 0.29) is 5.82 Å². The average molecular weight is 255 g/mol. The molecule has 1 nitrogen and oxygen atoms in total. The van der Waals surface area contributed by atoms with E-state index in [0.717, 1.165) is 17.5 Å².